The van der Waals surface area contributed by atoms with Gasteiger partial charge in [0.1, 0.15) is 5.75 Å². The van der Waals surface area contributed by atoms with Gasteiger partial charge in [-0.05, 0) is 56.0 Å². The minimum atomic E-state index is -3.53. The number of nitrogens with zero attached hydrogens (tertiary/aromatic N) is 1. The van der Waals surface area contributed by atoms with Crippen LogP contribution in [0.1, 0.15) is 30.4 Å². The van der Waals surface area contributed by atoms with Crippen LogP contribution < -0.4 is 9.46 Å². The van der Waals surface area contributed by atoms with Gasteiger partial charge in [-0.2, -0.15) is 0 Å². The van der Waals surface area contributed by atoms with Crippen molar-refractivity contribution < 1.29 is 17.9 Å². The summed E-state index contributed by atoms with van der Waals surface area (Å²) in [4.78, 5) is 14.6. The fourth-order valence-corrected chi connectivity index (χ4v) is 4.76. The molecule has 0 aromatic heterocycles. The molecule has 1 aliphatic rings. The van der Waals surface area contributed by atoms with Gasteiger partial charge in [0.15, 0.2) is 0 Å². The number of carbonyl (C=O) groups excluding carboxylic acids is 1. The van der Waals surface area contributed by atoms with Crippen molar-refractivity contribution in [2.45, 2.75) is 43.5 Å². The van der Waals surface area contributed by atoms with E-state index in [2.05, 4.69) is 4.72 Å². The summed E-state index contributed by atoms with van der Waals surface area (Å²) in [7, 11) is -1.90. The summed E-state index contributed by atoms with van der Waals surface area (Å²) in [6.45, 7) is 3.07. The van der Waals surface area contributed by atoms with E-state index in [0.717, 1.165) is 16.9 Å². The van der Waals surface area contributed by atoms with Gasteiger partial charge < -0.3 is 9.64 Å². The van der Waals surface area contributed by atoms with E-state index in [-0.39, 0.29) is 16.8 Å². The van der Waals surface area contributed by atoms with E-state index in [0.29, 0.717) is 38.8 Å². The van der Waals surface area contributed by atoms with Gasteiger partial charge in [-0.15, -0.1) is 0 Å². The number of nitrogens with one attached hydrogen (secondary N) is 1. The van der Waals surface area contributed by atoms with Crippen LogP contribution in [0.15, 0.2) is 53.4 Å². The minimum absolute atomic E-state index is 0.112. The summed E-state index contributed by atoms with van der Waals surface area (Å²) in [5.41, 5.74) is 2.12. The van der Waals surface area contributed by atoms with Crippen LogP contribution in [-0.4, -0.2) is 45.5 Å². The zero-order chi connectivity index (χ0) is 20.9. The number of piperidine rings is 1. The van der Waals surface area contributed by atoms with E-state index >= 15 is 0 Å². The Morgan fingerprint density at radius 1 is 1.07 bits per heavy atom. The highest BCUT2D eigenvalue weighted by atomic mass is 32.2. The number of ether oxygens (including phenoxy) is 1. The molecule has 0 spiro atoms. The Balaban J connectivity index is 1.46. The molecule has 0 bridgehead atoms. The fourth-order valence-electron chi connectivity index (χ4n) is 3.45. The molecule has 156 valence electrons. The van der Waals surface area contributed by atoms with Crippen molar-refractivity contribution in [2.75, 3.05) is 20.2 Å². The van der Waals surface area contributed by atoms with E-state index in [1.54, 1.807) is 31.4 Å². The largest absolute Gasteiger partial charge is 0.497 e. The van der Waals surface area contributed by atoms with Crippen molar-refractivity contribution in [2.24, 2.45) is 0 Å². The normalized spacial score (nSPS) is 15.3. The van der Waals surface area contributed by atoms with Crippen molar-refractivity contribution in [1.82, 2.24) is 9.62 Å². The summed E-state index contributed by atoms with van der Waals surface area (Å²) in [5, 5.41) is 0. The molecule has 0 aliphatic carbocycles. The van der Waals surface area contributed by atoms with Gasteiger partial charge in [0, 0.05) is 25.6 Å². The van der Waals surface area contributed by atoms with E-state index in [1.807, 2.05) is 36.1 Å². The Morgan fingerprint density at radius 2 is 1.69 bits per heavy atom. The first-order chi connectivity index (χ1) is 13.9. The van der Waals surface area contributed by atoms with Gasteiger partial charge in [0.2, 0.25) is 15.9 Å². The van der Waals surface area contributed by atoms with Crippen molar-refractivity contribution in [1.29, 1.82) is 0 Å². The molecule has 2 aromatic carbocycles. The molecular weight excluding hydrogens is 388 g/mol. The molecule has 0 unspecified atom stereocenters. The molecule has 1 saturated heterocycles. The predicted octanol–water partition coefficient (Wildman–Crippen LogP) is 2.91. The number of hydrogen-bond donors (Lipinski definition) is 1. The van der Waals surface area contributed by atoms with Crippen LogP contribution in [-0.2, 0) is 21.2 Å². The van der Waals surface area contributed by atoms with E-state index < -0.39 is 10.0 Å². The third kappa shape index (κ3) is 5.81. The number of aryl methyl sites for hydroxylation is 2. The summed E-state index contributed by atoms with van der Waals surface area (Å²) < 4.78 is 33.0. The molecule has 2 aromatic rings. The zero-order valence-corrected chi connectivity index (χ0v) is 17.7. The molecule has 6 nitrogen and oxygen atoms in total. The Kier molecular flexibility index (Phi) is 6.92. The standard InChI is InChI=1S/C22H28N2O4S/c1-17-3-10-21(11-4-17)29(26,27)23-19-13-15-24(16-14-19)22(25)12-7-18-5-8-20(28-2)9-6-18/h3-6,8-11,19,23H,7,12-16H2,1-2H3. The van der Waals surface area contributed by atoms with E-state index in [1.165, 1.54) is 0 Å². The SMILES string of the molecule is COc1ccc(CCC(=O)N2CCC(NS(=O)(=O)c3ccc(C)cc3)CC2)cc1. The second kappa shape index (κ2) is 9.41. The lowest BCUT2D eigenvalue weighted by atomic mass is 10.0. The lowest BCUT2D eigenvalue weighted by Crippen LogP contribution is -2.46. The second-order valence-corrected chi connectivity index (χ2v) is 9.15. The molecule has 1 fully saturated rings. The van der Waals surface area contributed by atoms with Crippen molar-refractivity contribution >= 4 is 15.9 Å². The molecule has 29 heavy (non-hydrogen) atoms. The Morgan fingerprint density at radius 3 is 2.28 bits per heavy atom. The maximum absolute atomic E-state index is 12.5. The molecule has 1 N–H and O–H groups in total. The number of amides is 1. The molecule has 7 heteroatoms. The number of likely N-dealkylation sites (tertiary alicyclic amines) is 1. The maximum Gasteiger partial charge on any atom is 0.240 e. The van der Waals surface area contributed by atoms with Gasteiger partial charge in [-0.3, -0.25) is 4.79 Å². The van der Waals surface area contributed by atoms with Crippen molar-refractivity contribution in [3.05, 3.63) is 59.7 Å². The Bertz CT molecular complexity index is 916. The van der Waals surface area contributed by atoms with Gasteiger partial charge >= 0.3 is 0 Å². The molecule has 0 radical (unpaired) electrons. The van der Waals surface area contributed by atoms with E-state index in [4.69, 9.17) is 4.74 Å². The summed E-state index contributed by atoms with van der Waals surface area (Å²) >= 11 is 0. The van der Waals surface area contributed by atoms with Gasteiger partial charge in [-0.1, -0.05) is 29.8 Å². The van der Waals surface area contributed by atoms with Crippen LogP contribution in [0.4, 0.5) is 0 Å². The van der Waals surface area contributed by atoms with Crippen molar-refractivity contribution in [3.63, 3.8) is 0 Å². The van der Waals surface area contributed by atoms with Crippen LogP contribution in [0, 0.1) is 6.92 Å². The first kappa shape index (κ1) is 21.3. The van der Waals surface area contributed by atoms with Crippen LogP contribution >= 0.6 is 0 Å². The molecule has 1 amide bonds. The van der Waals surface area contributed by atoms with Gasteiger partial charge in [-0.25, -0.2) is 13.1 Å². The van der Waals surface area contributed by atoms with Crippen LogP contribution in [0.3, 0.4) is 0 Å². The average Bonchev–Trinajstić information content (AvgIpc) is 2.73. The number of rotatable bonds is 7. The number of sulfonamides is 1. The first-order valence-corrected chi connectivity index (χ1v) is 11.4. The number of carbonyl (C=O) groups is 1. The summed E-state index contributed by atoms with van der Waals surface area (Å²) in [6.07, 6.45) is 2.38. The number of methoxy groups -OCH3 is 1. The smallest absolute Gasteiger partial charge is 0.240 e. The zero-order valence-electron chi connectivity index (χ0n) is 16.9. The third-order valence-corrected chi connectivity index (χ3v) is 6.82. The molecule has 1 aliphatic heterocycles. The maximum atomic E-state index is 12.5. The van der Waals surface area contributed by atoms with Crippen LogP contribution in [0.25, 0.3) is 0 Å². The highest BCUT2D eigenvalue weighted by Gasteiger charge is 2.26. The van der Waals surface area contributed by atoms with Crippen LogP contribution in [0.5, 0.6) is 5.75 Å². The van der Waals surface area contributed by atoms with Gasteiger partial charge in [0.25, 0.3) is 0 Å². The summed E-state index contributed by atoms with van der Waals surface area (Å²) in [6, 6.07) is 14.4. The van der Waals surface area contributed by atoms with E-state index in [9.17, 15) is 13.2 Å². The summed E-state index contributed by atoms with van der Waals surface area (Å²) in [5.74, 6) is 0.913. The monoisotopic (exact) mass is 416 g/mol. The quantitative estimate of drug-likeness (QED) is 0.753. The highest BCUT2D eigenvalue weighted by molar-refractivity contribution is 7.89. The van der Waals surface area contributed by atoms with Crippen LogP contribution in [0.2, 0.25) is 0 Å². The average molecular weight is 417 g/mol. The topological polar surface area (TPSA) is 75.7 Å². The molecule has 0 atom stereocenters. The molecular formula is C22H28N2O4S. The number of benzene rings is 2. The first-order valence-electron chi connectivity index (χ1n) is 9.87. The fraction of sp³-hybridized carbons (Fsp3) is 0.409. The Hall–Kier alpha value is -2.38. The Labute approximate surface area is 172 Å². The molecule has 0 saturated carbocycles. The lowest BCUT2D eigenvalue weighted by Gasteiger charge is -2.32. The highest BCUT2D eigenvalue weighted by Crippen LogP contribution is 2.17. The number of hydrogen-bond acceptors (Lipinski definition) is 4. The van der Waals surface area contributed by atoms with Gasteiger partial charge in [0.05, 0.1) is 12.0 Å². The minimum Gasteiger partial charge on any atom is -0.497 e. The molecule has 1 heterocycles. The van der Waals surface area contributed by atoms with Crippen molar-refractivity contribution in [3.8, 4) is 5.75 Å². The molecule has 3 rings (SSSR count). The predicted molar refractivity (Wildman–Crippen MR) is 112 cm³/mol. The third-order valence-electron chi connectivity index (χ3n) is 5.29. The lowest BCUT2D eigenvalue weighted by molar-refractivity contribution is -0.132. The second-order valence-electron chi connectivity index (χ2n) is 7.44.